The maximum atomic E-state index is 13.8. The topological polar surface area (TPSA) is 41.6 Å². The molecule has 1 aliphatic heterocycles. The van der Waals surface area contributed by atoms with Crippen LogP contribution in [0.4, 0.5) is 4.39 Å². The quantitative estimate of drug-likeness (QED) is 0.900. The van der Waals surface area contributed by atoms with Crippen molar-refractivity contribution in [3.05, 3.63) is 29.6 Å². The molecule has 0 bridgehead atoms. The zero-order valence-electron chi connectivity index (χ0n) is 10.8. The van der Waals surface area contributed by atoms with Crippen LogP contribution in [0, 0.1) is 5.82 Å². The molecule has 0 radical (unpaired) electrons. The molecule has 1 aliphatic rings. The first kappa shape index (κ1) is 15.7. The molecule has 1 aromatic carbocycles. The Morgan fingerprint density at radius 3 is 2.84 bits per heavy atom. The molecule has 0 saturated carbocycles. The van der Waals surface area contributed by atoms with Crippen LogP contribution in [-0.2, 0) is 0 Å². The van der Waals surface area contributed by atoms with Crippen LogP contribution in [-0.4, -0.2) is 44.1 Å². The smallest absolute Gasteiger partial charge is 0.256 e. The lowest BCUT2D eigenvalue weighted by Gasteiger charge is -2.20. The minimum Gasteiger partial charge on any atom is -0.497 e. The van der Waals surface area contributed by atoms with Crippen LogP contribution in [0.2, 0.25) is 0 Å². The first-order valence-electron chi connectivity index (χ1n) is 6.06. The van der Waals surface area contributed by atoms with Crippen LogP contribution >= 0.6 is 12.4 Å². The number of nitrogens with zero attached hydrogens (tertiary/aromatic N) is 1. The van der Waals surface area contributed by atoms with Crippen molar-refractivity contribution in [2.75, 3.05) is 33.3 Å². The fourth-order valence-corrected chi connectivity index (χ4v) is 2.02. The SMILES string of the molecule is COc1ccc(C(=O)N2CCCNCC2)c(F)c1.Cl. The van der Waals surface area contributed by atoms with Crippen molar-refractivity contribution in [1.82, 2.24) is 10.2 Å². The van der Waals surface area contributed by atoms with Crippen LogP contribution < -0.4 is 10.1 Å². The third-order valence-corrected chi connectivity index (χ3v) is 3.03. The van der Waals surface area contributed by atoms with E-state index in [1.807, 2.05) is 0 Å². The summed E-state index contributed by atoms with van der Waals surface area (Å²) in [7, 11) is 1.47. The number of hydrogen-bond donors (Lipinski definition) is 1. The van der Waals surface area contributed by atoms with Gasteiger partial charge in [-0.1, -0.05) is 0 Å². The molecule has 6 heteroatoms. The Bertz CT molecular complexity index is 435. The van der Waals surface area contributed by atoms with Gasteiger partial charge in [-0.3, -0.25) is 4.79 Å². The van der Waals surface area contributed by atoms with E-state index in [-0.39, 0.29) is 23.9 Å². The van der Waals surface area contributed by atoms with Gasteiger partial charge >= 0.3 is 0 Å². The van der Waals surface area contributed by atoms with Gasteiger partial charge in [0.05, 0.1) is 12.7 Å². The van der Waals surface area contributed by atoms with Crippen molar-refractivity contribution in [1.29, 1.82) is 0 Å². The number of rotatable bonds is 2. The van der Waals surface area contributed by atoms with Crippen molar-refractivity contribution in [3.63, 3.8) is 0 Å². The number of amides is 1. The normalized spacial score (nSPS) is 15.4. The van der Waals surface area contributed by atoms with E-state index < -0.39 is 5.82 Å². The lowest BCUT2D eigenvalue weighted by atomic mass is 10.1. The molecule has 1 amide bonds. The van der Waals surface area contributed by atoms with E-state index in [1.165, 1.54) is 19.2 Å². The van der Waals surface area contributed by atoms with E-state index >= 15 is 0 Å². The minimum atomic E-state index is -0.531. The highest BCUT2D eigenvalue weighted by Crippen LogP contribution is 2.18. The first-order chi connectivity index (χ1) is 8.72. The van der Waals surface area contributed by atoms with Gasteiger partial charge in [0.1, 0.15) is 11.6 Å². The van der Waals surface area contributed by atoms with E-state index in [2.05, 4.69) is 5.32 Å². The van der Waals surface area contributed by atoms with E-state index in [9.17, 15) is 9.18 Å². The third kappa shape index (κ3) is 3.81. The second-order valence-corrected chi connectivity index (χ2v) is 4.24. The van der Waals surface area contributed by atoms with Gasteiger partial charge in [-0.2, -0.15) is 0 Å². The molecule has 2 rings (SSSR count). The molecular formula is C13H18ClFN2O2. The summed E-state index contributed by atoms with van der Waals surface area (Å²) in [6.45, 7) is 2.93. The molecule has 106 valence electrons. The van der Waals surface area contributed by atoms with Crippen LogP contribution in [0.5, 0.6) is 5.75 Å². The summed E-state index contributed by atoms with van der Waals surface area (Å²) in [5, 5.41) is 3.21. The van der Waals surface area contributed by atoms with Gasteiger partial charge in [-0.05, 0) is 25.1 Å². The molecule has 0 aliphatic carbocycles. The molecule has 0 spiro atoms. The lowest BCUT2D eigenvalue weighted by molar-refractivity contribution is 0.0761. The summed E-state index contributed by atoms with van der Waals surface area (Å²) in [5.41, 5.74) is 0.109. The van der Waals surface area contributed by atoms with Crippen LogP contribution in [0.25, 0.3) is 0 Å². The molecule has 1 aromatic rings. The van der Waals surface area contributed by atoms with Gasteiger partial charge in [0, 0.05) is 25.7 Å². The molecule has 4 nitrogen and oxygen atoms in total. The Labute approximate surface area is 118 Å². The first-order valence-corrected chi connectivity index (χ1v) is 6.06. The van der Waals surface area contributed by atoms with E-state index in [1.54, 1.807) is 11.0 Å². The highest BCUT2D eigenvalue weighted by atomic mass is 35.5. The number of ether oxygens (including phenoxy) is 1. The number of halogens is 2. The number of benzene rings is 1. The maximum absolute atomic E-state index is 13.8. The van der Waals surface area contributed by atoms with E-state index in [0.29, 0.717) is 18.8 Å². The van der Waals surface area contributed by atoms with Crippen LogP contribution in [0.15, 0.2) is 18.2 Å². The Morgan fingerprint density at radius 2 is 2.16 bits per heavy atom. The highest BCUT2D eigenvalue weighted by Gasteiger charge is 2.20. The minimum absolute atomic E-state index is 0. The molecule has 0 unspecified atom stereocenters. The van der Waals surface area contributed by atoms with Gasteiger partial charge in [0.2, 0.25) is 0 Å². The number of carbonyl (C=O) groups is 1. The zero-order valence-corrected chi connectivity index (χ0v) is 11.6. The van der Waals surface area contributed by atoms with Gasteiger partial charge in [0.15, 0.2) is 0 Å². The molecule has 1 fully saturated rings. The van der Waals surface area contributed by atoms with Crippen molar-refractivity contribution in [2.45, 2.75) is 6.42 Å². The predicted molar refractivity (Wildman–Crippen MR) is 73.6 cm³/mol. The Morgan fingerprint density at radius 1 is 1.37 bits per heavy atom. The fraction of sp³-hybridized carbons (Fsp3) is 0.462. The molecule has 19 heavy (non-hydrogen) atoms. The lowest BCUT2D eigenvalue weighted by Crippen LogP contribution is -2.34. The number of hydrogen-bond acceptors (Lipinski definition) is 3. The number of methoxy groups -OCH3 is 1. The standard InChI is InChI=1S/C13H17FN2O2.ClH/c1-18-10-3-4-11(12(14)9-10)13(17)16-7-2-5-15-6-8-16;/h3-4,9,15H,2,5-8H2,1H3;1H. The van der Waals surface area contributed by atoms with Crippen molar-refractivity contribution >= 4 is 18.3 Å². The molecule has 0 atom stereocenters. The second-order valence-electron chi connectivity index (χ2n) is 4.24. The second kappa shape index (κ2) is 7.31. The largest absolute Gasteiger partial charge is 0.497 e. The third-order valence-electron chi connectivity index (χ3n) is 3.03. The van der Waals surface area contributed by atoms with Crippen molar-refractivity contribution < 1.29 is 13.9 Å². The summed E-state index contributed by atoms with van der Waals surface area (Å²) in [6.07, 6.45) is 0.892. The summed E-state index contributed by atoms with van der Waals surface area (Å²) in [6, 6.07) is 4.32. The zero-order chi connectivity index (χ0) is 13.0. The van der Waals surface area contributed by atoms with Crippen molar-refractivity contribution in [3.8, 4) is 5.75 Å². The van der Waals surface area contributed by atoms with E-state index in [4.69, 9.17) is 4.74 Å². The predicted octanol–water partition coefficient (Wildman–Crippen LogP) is 1.69. The fourth-order valence-electron chi connectivity index (χ4n) is 2.02. The number of carbonyl (C=O) groups excluding carboxylic acids is 1. The molecule has 1 heterocycles. The Kier molecular flexibility index (Phi) is 6.05. The van der Waals surface area contributed by atoms with Crippen LogP contribution in [0.3, 0.4) is 0 Å². The summed E-state index contributed by atoms with van der Waals surface area (Å²) >= 11 is 0. The summed E-state index contributed by atoms with van der Waals surface area (Å²) in [5.74, 6) is -0.364. The van der Waals surface area contributed by atoms with Gasteiger partial charge in [0.25, 0.3) is 5.91 Å². The molecule has 1 saturated heterocycles. The Hall–Kier alpha value is -1.33. The average Bonchev–Trinajstić information content (AvgIpc) is 2.66. The van der Waals surface area contributed by atoms with Gasteiger partial charge in [-0.25, -0.2) is 4.39 Å². The van der Waals surface area contributed by atoms with Gasteiger partial charge in [-0.15, -0.1) is 12.4 Å². The molecular weight excluding hydrogens is 271 g/mol. The van der Waals surface area contributed by atoms with Gasteiger partial charge < -0.3 is 15.0 Å². The maximum Gasteiger partial charge on any atom is 0.256 e. The summed E-state index contributed by atoms with van der Waals surface area (Å²) < 4.78 is 18.7. The average molecular weight is 289 g/mol. The van der Waals surface area contributed by atoms with Crippen LogP contribution in [0.1, 0.15) is 16.8 Å². The summed E-state index contributed by atoms with van der Waals surface area (Å²) in [4.78, 5) is 13.9. The van der Waals surface area contributed by atoms with E-state index in [0.717, 1.165) is 19.5 Å². The monoisotopic (exact) mass is 288 g/mol. The molecule has 1 N–H and O–H groups in total. The Balaban J connectivity index is 0.00000180. The number of nitrogens with one attached hydrogen (secondary N) is 1. The highest BCUT2D eigenvalue weighted by molar-refractivity contribution is 5.94. The van der Waals surface area contributed by atoms with Crippen molar-refractivity contribution in [2.24, 2.45) is 0 Å². The molecule has 0 aromatic heterocycles.